The number of benzene rings is 1. The molecule has 4 aromatic heterocycles. The monoisotopic (exact) mass is 412 g/mol. The van der Waals surface area contributed by atoms with Crippen molar-refractivity contribution in [1.29, 1.82) is 0 Å². The summed E-state index contributed by atoms with van der Waals surface area (Å²) in [7, 11) is 1.97. The van der Waals surface area contributed by atoms with E-state index in [1.165, 1.54) is 0 Å². The molecule has 0 aliphatic heterocycles. The fraction of sp³-hybridized carbons (Fsp3) is 0.261. The first-order valence-electron chi connectivity index (χ1n) is 10.2. The molecule has 5 rings (SSSR count). The van der Waals surface area contributed by atoms with E-state index in [0.29, 0.717) is 18.3 Å². The number of nitrogens with one attached hydrogen (secondary N) is 1. The second-order valence-corrected chi connectivity index (χ2v) is 7.89. The minimum Gasteiger partial charge on any atom is -0.350 e. The molecule has 0 saturated carbocycles. The number of pyridine rings is 1. The predicted octanol–water partition coefficient (Wildman–Crippen LogP) is 3.92. The van der Waals surface area contributed by atoms with E-state index in [4.69, 9.17) is 10.1 Å². The van der Waals surface area contributed by atoms with Gasteiger partial charge in [-0.3, -0.25) is 9.67 Å². The lowest BCUT2D eigenvalue weighted by Crippen LogP contribution is -2.10. The molecule has 5 aromatic rings. The first-order valence-corrected chi connectivity index (χ1v) is 10.2. The van der Waals surface area contributed by atoms with Gasteiger partial charge in [0.1, 0.15) is 5.82 Å². The minimum absolute atomic E-state index is 0.605. The van der Waals surface area contributed by atoms with Crippen molar-refractivity contribution in [3.8, 4) is 11.1 Å². The number of fused-ring (bicyclic) bond motifs is 2. The Bertz CT molecular complexity index is 1430. The maximum absolute atomic E-state index is 4.76. The molecule has 0 aliphatic rings. The fourth-order valence-corrected chi connectivity index (χ4v) is 3.98. The Hall–Kier alpha value is -3.81. The lowest BCUT2D eigenvalue weighted by molar-refractivity contribution is 0.783. The molecule has 1 aromatic carbocycles. The van der Waals surface area contributed by atoms with E-state index < -0.39 is 0 Å². The normalized spacial score (nSPS) is 11.5. The number of nitrogens with zero attached hydrogens (tertiary/aromatic N) is 7. The Morgan fingerprint density at radius 2 is 1.77 bits per heavy atom. The third kappa shape index (κ3) is 3.30. The molecular weight excluding hydrogens is 388 g/mol. The van der Waals surface area contributed by atoms with Crippen LogP contribution in [0, 0.1) is 27.7 Å². The van der Waals surface area contributed by atoms with Gasteiger partial charge in [-0.2, -0.15) is 19.7 Å². The van der Waals surface area contributed by atoms with Crippen LogP contribution >= 0.6 is 0 Å². The topological polar surface area (TPSA) is 85.8 Å². The van der Waals surface area contributed by atoms with Gasteiger partial charge in [0.05, 0.1) is 16.9 Å². The van der Waals surface area contributed by atoms with Crippen LogP contribution in [0.15, 0.2) is 36.5 Å². The van der Waals surface area contributed by atoms with E-state index in [1.54, 1.807) is 4.52 Å². The predicted molar refractivity (Wildman–Crippen MR) is 121 cm³/mol. The van der Waals surface area contributed by atoms with Crippen LogP contribution in [-0.4, -0.2) is 34.3 Å². The maximum atomic E-state index is 4.76. The Morgan fingerprint density at radius 3 is 2.55 bits per heavy atom. The third-order valence-corrected chi connectivity index (χ3v) is 5.52. The molecule has 1 N–H and O–H groups in total. The van der Waals surface area contributed by atoms with Gasteiger partial charge < -0.3 is 5.32 Å². The number of aryl methyl sites for hydroxylation is 5. The molecule has 0 unspecified atom stereocenters. The molecule has 0 bridgehead atoms. The molecule has 8 nitrogen and oxygen atoms in total. The average Bonchev–Trinajstić information content (AvgIpc) is 3.22. The summed E-state index contributed by atoms with van der Waals surface area (Å²) in [6.07, 6.45) is 1.87. The Balaban J connectivity index is 1.59. The van der Waals surface area contributed by atoms with Gasteiger partial charge in [-0.25, -0.2) is 4.98 Å². The molecule has 8 heteroatoms. The van der Waals surface area contributed by atoms with E-state index in [9.17, 15) is 0 Å². The molecule has 0 aliphatic carbocycles. The summed E-state index contributed by atoms with van der Waals surface area (Å²) in [6.45, 7) is 8.52. The van der Waals surface area contributed by atoms with E-state index in [-0.39, 0.29) is 0 Å². The van der Waals surface area contributed by atoms with Crippen molar-refractivity contribution in [2.75, 3.05) is 5.32 Å². The van der Waals surface area contributed by atoms with Crippen molar-refractivity contribution in [2.45, 2.75) is 34.2 Å². The van der Waals surface area contributed by atoms with Crippen molar-refractivity contribution in [3.05, 3.63) is 65.0 Å². The molecule has 0 saturated heterocycles. The van der Waals surface area contributed by atoms with Gasteiger partial charge in [0, 0.05) is 36.4 Å². The summed E-state index contributed by atoms with van der Waals surface area (Å²) in [4.78, 5) is 13.7. The van der Waals surface area contributed by atoms with Crippen LogP contribution in [0.3, 0.4) is 0 Å². The molecule has 0 fully saturated rings. The van der Waals surface area contributed by atoms with Crippen molar-refractivity contribution in [1.82, 2.24) is 34.3 Å². The Morgan fingerprint density at radius 1 is 0.935 bits per heavy atom. The van der Waals surface area contributed by atoms with Crippen LogP contribution in [0.1, 0.15) is 28.5 Å². The maximum Gasteiger partial charge on any atom is 0.227 e. The summed E-state index contributed by atoms with van der Waals surface area (Å²) >= 11 is 0. The highest BCUT2D eigenvalue weighted by molar-refractivity contribution is 5.90. The van der Waals surface area contributed by atoms with Gasteiger partial charge in [0.2, 0.25) is 5.95 Å². The Kier molecular flexibility index (Phi) is 4.43. The largest absolute Gasteiger partial charge is 0.350 e. The lowest BCUT2D eigenvalue weighted by atomic mass is 10.0. The number of aromatic nitrogens is 7. The van der Waals surface area contributed by atoms with Crippen molar-refractivity contribution in [3.63, 3.8) is 0 Å². The number of anilines is 1. The fourth-order valence-electron chi connectivity index (χ4n) is 3.98. The van der Waals surface area contributed by atoms with Crippen molar-refractivity contribution >= 4 is 22.5 Å². The summed E-state index contributed by atoms with van der Waals surface area (Å²) in [5.41, 5.74) is 7.97. The molecule has 0 amide bonds. The van der Waals surface area contributed by atoms with Gasteiger partial charge in [0.15, 0.2) is 5.65 Å². The van der Waals surface area contributed by atoms with Crippen LogP contribution in [-0.2, 0) is 13.6 Å². The van der Waals surface area contributed by atoms with E-state index in [2.05, 4.69) is 44.6 Å². The summed E-state index contributed by atoms with van der Waals surface area (Å²) in [5, 5.41) is 13.8. The minimum atomic E-state index is 0.605. The molecule has 4 heterocycles. The van der Waals surface area contributed by atoms with Crippen LogP contribution < -0.4 is 5.32 Å². The van der Waals surface area contributed by atoms with E-state index >= 15 is 0 Å². The first kappa shape index (κ1) is 19.2. The molecular formula is C23H24N8. The third-order valence-electron chi connectivity index (χ3n) is 5.52. The van der Waals surface area contributed by atoms with Crippen LogP contribution in [0.25, 0.3) is 27.7 Å². The second-order valence-electron chi connectivity index (χ2n) is 7.89. The zero-order valence-electron chi connectivity index (χ0n) is 18.3. The summed E-state index contributed by atoms with van der Waals surface area (Å²) in [6, 6.07) is 10.4. The van der Waals surface area contributed by atoms with E-state index in [0.717, 1.165) is 50.3 Å². The molecule has 0 radical (unpaired) electrons. The standard InChI is InChI=1S/C23H24N8/c1-13-6-7-17(11-24-13)12-25-23-27-16(4)26-22-21(15(3)29-31(22)23)18-8-9-20-19(10-18)14(2)28-30(20)5/h6-11H,12H2,1-5H3,(H,25,26,27). The second kappa shape index (κ2) is 7.16. The SMILES string of the molecule is Cc1ccc(CNc2nc(C)nc3c(-c4ccc5c(c4)c(C)nn5C)c(C)nn23)cn1. The lowest BCUT2D eigenvalue weighted by Gasteiger charge is -2.09. The number of hydrogen-bond acceptors (Lipinski definition) is 6. The quantitative estimate of drug-likeness (QED) is 0.482. The van der Waals surface area contributed by atoms with Crippen LogP contribution in [0.2, 0.25) is 0 Å². The highest BCUT2D eigenvalue weighted by Crippen LogP contribution is 2.31. The van der Waals surface area contributed by atoms with Gasteiger partial charge in [-0.1, -0.05) is 12.1 Å². The highest BCUT2D eigenvalue weighted by Gasteiger charge is 2.18. The molecule has 31 heavy (non-hydrogen) atoms. The Labute approximate surface area is 180 Å². The zero-order valence-corrected chi connectivity index (χ0v) is 18.3. The first-order chi connectivity index (χ1) is 14.9. The van der Waals surface area contributed by atoms with Crippen molar-refractivity contribution < 1.29 is 0 Å². The summed E-state index contributed by atoms with van der Waals surface area (Å²) in [5.74, 6) is 1.35. The van der Waals surface area contributed by atoms with Crippen molar-refractivity contribution in [2.24, 2.45) is 7.05 Å². The molecule has 156 valence electrons. The van der Waals surface area contributed by atoms with Gasteiger partial charge >= 0.3 is 0 Å². The number of hydrogen-bond donors (Lipinski definition) is 1. The van der Waals surface area contributed by atoms with E-state index in [1.807, 2.05) is 51.7 Å². The average molecular weight is 413 g/mol. The molecule has 0 atom stereocenters. The van der Waals surface area contributed by atoms with Gasteiger partial charge in [-0.15, -0.1) is 0 Å². The summed E-state index contributed by atoms with van der Waals surface area (Å²) < 4.78 is 3.70. The zero-order chi connectivity index (χ0) is 21.7. The smallest absolute Gasteiger partial charge is 0.227 e. The highest BCUT2D eigenvalue weighted by atomic mass is 15.4. The van der Waals surface area contributed by atoms with Crippen LogP contribution in [0.4, 0.5) is 5.95 Å². The molecule has 0 spiro atoms. The van der Waals surface area contributed by atoms with Crippen LogP contribution in [0.5, 0.6) is 0 Å². The number of rotatable bonds is 4. The van der Waals surface area contributed by atoms with Gasteiger partial charge in [-0.05, 0) is 57.0 Å². The van der Waals surface area contributed by atoms with Gasteiger partial charge in [0.25, 0.3) is 0 Å².